The molecule has 3 saturated heterocycles. The van der Waals surface area contributed by atoms with Crippen LogP contribution in [0.1, 0.15) is 24.1 Å². The quantitative estimate of drug-likeness (QED) is 0.742. The molecular formula is C16H24N6O2. The summed E-state index contributed by atoms with van der Waals surface area (Å²) in [7, 11) is 2.05. The highest BCUT2D eigenvalue weighted by atomic mass is 16.2. The van der Waals surface area contributed by atoms with Gasteiger partial charge in [-0.25, -0.2) is 9.67 Å². The molecule has 0 bridgehead atoms. The summed E-state index contributed by atoms with van der Waals surface area (Å²) in [6.45, 7) is 7.57. The topological polar surface area (TPSA) is 74.6 Å². The molecule has 1 aromatic heterocycles. The monoisotopic (exact) mass is 332 g/mol. The molecular weight excluding hydrogens is 308 g/mol. The minimum Gasteiger partial charge on any atom is -0.338 e. The molecule has 3 aliphatic heterocycles. The second-order valence-corrected chi connectivity index (χ2v) is 7.37. The lowest BCUT2D eigenvalue weighted by atomic mass is 10.0. The van der Waals surface area contributed by atoms with Gasteiger partial charge in [0, 0.05) is 39.1 Å². The van der Waals surface area contributed by atoms with Crippen LogP contribution in [0.3, 0.4) is 0 Å². The molecule has 130 valence electrons. The van der Waals surface area contributed by atoms with Gasteiger partial charge in [0.05, 0.1) is 18.0 Å². The SMILES string of the molecule is Cc1nc(C)n(C2CN(C(=O)C3CC(=O)N(C4CN(C)C4)C3)C2)n1. The highest BCUT2D eigenvalue weighted by Gasteiger charge is 2.44. The molecule has 0 aliphatic carbocycles. The Bertz CT molecular complexity index is 674. The number of likely N-dealkylation sites (tertiary alicyclic amines) is 3. The van der Waals surface area contributed by atoms with Gasteiger partial charge in [-0.1, -0.05) is 0 Å². The normalized spacial score (nSPS) is 26.0. The Balaban J connectivity index is 1.33. The van der Waals surface area contributed by atoms with Gasteiger partial charge < -0.3 is 14.7 Å². The second-order valence-electron chi connectivity index (χ2n) is 7.37. The molecule has 3 fully saturated rings. The summed E-state index contributed by atoms with van der Waals surface area (Å²) in [4.78, 5) is 35.1. The molecule has 8 nitrogen and oxygen atoms in total. The van der Waals surface area contributed by atoms with E-state index in [2.05, 4.69) is 15.0 Å². The minimum atomic E-state index is -0.178. The Morgan fingerprint density at radius 3 is 2.38 bits per heavy atom. The smallest absolute Gasteiger partial charge is 0.228 e. The van der Waals surface area contributed by atoms with Gasteiger partial charge in [-0.15, -0.1) is 0 Å². The van der Waals surface area contributed by atoms with Gasteiger partial charge in [0.1, 0.15) is 11.6 Å². The number of likely N-dealkylation sites (N-methyl/N-ethyl adjacent to an activating group) is 1. The van der Waals surface area contributed by atoms with Gasteiger partial charge in [-0.05, 0) is 20.9 Å². The largest absolute Gasteiger partial charge is 0.338 e. The molecule has 4 heterocycles. The molecule has 0 spiro atoms. The number of aromatic nitrogens is 3. The number of rotatable bonds is 3. The average Bonchev–Trinajstić information content (AvgIpc) is 2.97. The van der Waals surface area contributed by atoms with Gasteiger partial charge in [-0.2, -0.15) is 5.10 Å². The van der Waals surface area contributed by atoms with Crippen molar-refractivity contribution in [1.82, 2.24) is 29.5 Å². The van der Waals surface area contributed by atoms with Crippen LogP contribution in [-0.2, 0) is 9.59 Å². The van der Waals surface area contributed by atoms with Gasteiger partial charge in [0.2, 0.25) is 11.8 Å². The number of hydrogen-bond donors (Lipinski definition) is 0. The van der Waals surface area contributed by atoms with Crippen molar-refractivity contribution < 1.29 is 9.59 Å². The predicted octanol–water partition coefficient (Wildman–Crippen LogP) is -0.559. The highest BCUT2D eigenvalue weighted by molar-refractivity contribution is 5.89. The van der Waals surface area contributed by atoms with Crippen molar-refractivity contribution >= 4 is 11.8 Å². The average molecular weight is 332 g/mol. The first-order chi connectivity index (χ1) is 11.4. The van der Waals surface area contributed by atoms with E-state index in [0.29, 0.717) is 32.1 Å². The van der Waals surface area contributed by atoms with E-state index in [1.165, 1.54) is 0 Å². The number of nitrogens with zero attached hydrogens (tertiary/aromatic N) is 6. The Kier molecular flexibility index (Phi) is 3.59. The minimum absolute atomic E-state index is 0.115. The van der Waals surface area contributed by atoms with Crippen LogP contribution < -0.4 is 0 Å². The number of amides is 2. The zero-order valence-corrected chi connectivity index (χ0v) is 14.5. The molecule has 4 rings (SSSR count). The lowest BCUT2D eigenvalue weighted by Crippen LogP contribution is -2.58. The summed E-state index contributed by atoms with van der Waals surface area (Å²) in [6, 6.07) is 0.508. The zero-order chi connectivity index (χ0) is 17.0. The van der Waals surface area contributed by atoms with Gasteiger partial charge in [-0.3, -0.25) is 9.59 Å². The Morgan fingerprint density at radius 2 is 1.79 bits per heavy atom. The van der Waals surface area contributed by atoms with Gasteiger partial charge in [0.15, 0.2) is 0 Å². The maximum atomic E-state index is 12.7. The Hall–Kier alpha value is -1.96. The fraction of sp³-hybridized carbons (Fsp3) is 0.750. The molecule has 3 aliphatic rings. The van der Waals surface area contributed by atoms with E-state index >= 15 is 0 Å². The number of carbonyl (C=O) groups is 2. The molecule has 0 aromatic carbocycles. The number of hydrogen-bond acceptors (Lipinski definition) is 5. The van der Waals surface area contributed by atoms with E-state index in [0.717, 1.165) is 24.7 Å². The fourth-order valence-corrected chi connectivity index (χ4v) is 4.04. The highest BCUT2D eigenvalue weighted by Crippen LogP contribution is 2.29. The Labute approximate surface area is 141 Å². The van der Waals surface area contributed by atoms with Crippen molar-refractivity contribution in [3.63, 3.8) is 0 Å². The summed E-state index contributed by atoms with van der Waals surface area (Å²) in [6.07, 6.45) is 0.363. The van der Waals surface area contributed by atoms with Crippen LogP contribution in [0.25, 0.3) is 0 Å². The van der Waals surface area contributed by atoms with E-state index < -0.39 is 0 Å². The van der Waals surface area contributed by atoms with Crippen molar-refractivity contribution in [2.45, 2.75) is 32.4 Å². The number of carbonyl (C=O) groups excluding carboxylic acids is 2. The van der Waals surface area contributed by atoms with E-state index in [4.69, 9.17) is 0 Å². The first-order valence-corrected chi connectivity index (χ1v) is 8.59. The zero-order valence-electron chi connectivity index (χ0n) is 14.5. The van der Waals surface area contributed by atoms with Crippen molar-refractivity contribution in [2.24, 2.45) is 5.92 Å². The first kappa shape index (κ1) is 15.6. The van der Waals surface area contributed by atoms with E-state index in [-0.39, 0.29) is 23.8 Å². The second kappa shape index (κ2) is 5.54. The predicted molar refractivity (Wildman–Crippen MR) is 86.2 cm³/mol. The molecule has 1 atom stereocenters. The first-order valence-electron chi connectivity index (χ1n) is 8.59. The molecule has 24 heavy (non-hydrogen) atoms. The third-order valence-electron chi connectivity index (χ3n) is 5.42. The van der Waals surface area contributed by atoms with Crippen LogP contribution >= 0.6 is 0 Å². The summed E-state index contributed by atoms with van der Waals surface area (Å²) in [5, 5.41) is 4.40. The molecule has 2 amide bonds. The third-order valence-corrected chi connectivity index (χ3v) is 5.42. The van der Waals surface area contributed by atoms with Crippen LogP contribution in [0.5, 0.6) is 0 Å². The molecule has 0 N–H and O–H groups in total. The van der Waals surface area contributed by atoms with E-state index in [1.807, 2.05) is 35.4 Å². The van der Waals surface area contributed by atoms with Gasteiger partial charge >= 0.3 is 0 Å². The van der Waals surface area contributed by atoms with Gasteiger partial charge in [0.25, 0.3) is 0 Å². The molecule has 0 saturated carbocycles. The molecule has 0 radical (unpaired) electrons. The van der Waals surface area contributed by atoms with Crippen molar-refractivity contribution in [3.05, 3.63) is 11.6 Å². The summed E-state index contributed by atoms with van der Waals surface area (Å²) in [5.41, 5.74) is 0. The van der Waals surface area contributed by atoms with Crippen molar-refractivity contribution in [1.29, 1.82) is 0 Å². The number of aryl methyl sites for hydroxylation is 2. The third kappa shape index (κ3) is 2.49. The maximum Gasteiger partial charge on any atom is 0.228 e. The van der Waals surface area contributed by atoms with Crippen molar-refractivity contribution in [2.75, 3.05) is 39.8 Å². The Morgan fingerprint density at radius 1 is 1.08 bits per heavy atom. The van der Waals surface area contributed by atoms with E-state index in [1.54, 1.807) is 0 Å². The molecule has 1 aromatic rings. The van der Waals surface area contributed by atoms with Crippen LogP contribution in [0.2, 0.25) is 0 Å². The van der Waals surface area contributed by atoms with Crippen LogP contribution in [0.15, 0.2) is 0 Å². The van der Waals surface area contributed by atoms with Crippen LogP contribution in [-0.4, -0.2) is 87.1 Å². The fourth-order valence-electron chi connectivity index (χ4n) is 4.04. The molecule has 8 heteroatoms. The lowest BCUT2D eigenvalue weighted by Gasteiger charge is -2.42. The van der Waals surface area contributed by atoms with Crippen molar-refractivity contribution in [3.8, 4) is 0 Å². The molecule has 1 unspecified atom stereocenters. The standard InChI is InChI=1S/C16H24N6O2/c1-10-17-11(2)22(18-10)14-8-20(9-14)16(24)12-4-15(23)21(5-12)13-6-19(3)7-13/h12-14H,4-9H2,1-3H3. The van der Waals surface area contributed by atoms with Crippen LogP contribution in [0, 0.1) is 19.8 Å². The summed E-state index contributed by atoms with van der Waals surface area (Å²) < 4.78 is 1.91. The van der Waals surface area contributed by atoms with E-state index in [9.17, 15) is 9.59 Å². The maximum absolute atomic E-state index is 12.7. The summed E-state index contributed by atoms with van der Waals surface area (Å²) >= 11 is 0. The summed E-state index contributed by atoms with van der Waals surface area (Å²) in [5.74, 6) is 1.72. The van der Waals surface area contributed by atoms with Crippen LogP contribution in [0.4, 0.5) is 0 Å². The lowest BCUT2D eigenvalue weighted by molar-refractivity contribution is -0.141.